The molecule has 0 radical (unpaired) electrons. The lowest BCUT2D eigenvalue weighted by Gasteiger charge is -2.22. The van der Waals surface area contributed by atoms with Crippen LogP contribution in [0, 0.1) is 0 Å². The third-order valence-electron chi connectivity index (χ3n) is 3.30. The van der Waals surface area contributed by atoms with Crippen LogP contribution in [-0.2, 0) is 10.9 Å². The van der Waals surface area contributed by atoms with Gasteiger partial charge in [-0.25, -0.2) is 4.79 Å². The first kappa shape index (κ1) is 18.3. The zero-order chi connectivity index (χ0) is 18.4. The number of methoxy groups -OCH3 is 1. The number of para-hydroxylation sites is 1. The molecule has 2 N–H and O–H groups in total. The van der Waals surface area contributed by atoms with Crippen LogP contribution >= 0.6 is 0 Å². The summed E-state index contributed by atoms with van der Waals surface area (Å²) in [5, 5.41) is 4.64. The molecule has 0 unspecified atom stereocenters. The number of carbonyl (C=O) groups excluding carboxylic acids is 2. The molecule has 25 heavy (non-hydrogen) atoms. The lowest BCUT2D eigenvalue weighted by atomic mass is 10.1. The van der Waals surface area contributed by atoms with Crippen molar-refractivity contribution in [2.24, 2.45) is 0 Å². The first-order valence-electron chi connectivity index (χ1n) is 7.19. The standard InChI is InChI=1S/C17H15F3N2O3/c1-25-16(24)22-15(14(23)11-7-3-2-4-8-11)21-13-10-6-5-9-12(13)17(18,19)20/h2-10,15,21H,1H3,(H,22,24)/t15-/m0/s1. The maximum Gasteiger partial charge on any atom is 0.418 e. The van der Waals surface area contributed by atoms with Gasteiger partial charge in [-0.15, -0.1) is 0 Å². The van der Waals surface area contributed by atoms with Crippen molar-refractivity contribution < 1.29 is 27.5 Å². The quantitative estimate of drug-likeness (QED) is 0.636. The largest absolute Gasteiger partial charge is 0.453 e. The van der Waals surface area contributed by atoms with Gasteiger partial charge in [-0.1, -0.05) is 42.5 Å². The molecule has 132 valence electrons. The number of anilines is 1. The number of nitrogens with one attached hydrogen (secondary N) is 2. The van der Waals surface area contributed by atoms with Crippen LogP contribution < -0.4 is 10.6 Å². The Bertz CT molecular complexity index is 748. The molecule has 0 aliphatic carbocycles. The van der Waals surface area contributed by atoms with Crippen LogP contribution in [0.5, 0.6) is 0 Å². The maximum atomic E-state index is 13.1. The monoisotopic (exact) mass is 352 g/mol. The minimum atomic E-state index is -4.62. The van der Waals surface area contributed by atoms with Crippen molar-refractivity contribution in [2.45, 2.75) is 12.3 Å². The van der Waals surface area contributed by atoms with Gasteiger partial charge < -0.3 is 10.1 Å². The summed E-state index contributed by atoms with van der Waals surface area (Å²) >= 11 is 0. The molecule has 8 heteroatoms. The number of amides is 1. The lowest BCUT2D eigenvalue weighted by molar-refractivity contribution is -0.137. The Kier molecular flexibility index (Phi) is 5.63. The Morgan fingerprint density at radius 1 is 1.00 bits per heavy atom. The molecule has 0 spiro atoms. The van der Waals surface area contributed by atoms with E-state index in [2.05, 4.69) is 15.4 Å². The summed E-state index contributed by atoms with van der Waals surface area (Å²) < 4.78 is 43.8. The predicted molar refractivity (Wildman–Crippen MR) is 85.2 cm³/mol. The highest BCUT2D eigenvalue weighted by Gasteiger charge is 2.34. The molecule has 0 heterocycles. The molecule has 0 bridgehead atoms. The van der Waals surface area contributed by atoms with Gasteiger partial charge in [0.05, 0.1) is 12.7 Å². The van der Waals surface area contributed by atoms with Gasteiger partial charge in [-0.3, -0.25) is 10.1 Å². The van der Waals surface area contributed by atoms with Crippen molar-refractivity contribution in [2.75, 3.05) is 12.4 Å². The van der Waals surface area contributed by atoms with Crippen molar-refractivity contribution >= 4 is 17.6 Å². The van der Waals surface area contributed by atoms with Gasteiger partial charge in [0.15, 0.2) is 6.17 Å². The van der Waals surface area contributed by atoms with E-state index in [4.69, 9.17) is 0 Å². The Morgan fingerprint density at radius 3 is 2.20 bits per heavy atom. The second kappa shape index (κ2) is 7.69. The molecule has 0 fully saturated rings. The second-order valence-corrected chi connectivity index (χ2v) is 4.99. The fourth-order valence-electron chi connectivity index (χ4n) is 2.12. The van der Waals surface area contributed by atoms with E-state index in [1.165, 1.54) is 30.3 Å². The highest BCUT2D eigenvalue weighted by atomic mass is 19.4. The predicted octanol–water partition coefficient (Wildman–Crippen LogP) is 3.68. The first-order chi connectivity index (χ1) is 11.8. The van der Waals surface area contributed by atoms with Gasteiger partial charge in [-0.2, -0.15) is 13.2 Å². The van der Waals surface area contributed by atoms with E-state index in [1.54, 1.807) is 18.2 Å². The molecule has 2 aromatic rings. The molecular formula is C17H15F3N2O3. The smallest absolute Gasteiger partial charge is 0.418 e. The zero-order valence-electron chi connectivity index (χ0n) is 13.1. The molecule has 5 nitrogen and oxygen atoms in total. The molecule has 0 aliphatic heterocycles. The number of ketones is 1. The van der Waals surface area contributed by atoms with Crippen LogP contribution in [0.15, 0.2) is 54.6 Å². The topological polar surface area (TPSA) is 67.4 Å². The maximum absolute atomic E-state index is 13.1. The molecule has 0 saturated carbocycles. The molecule has 0 aliphatic rings. The van der Waals surface area contributed by atoms with Crippen LogP contribution in [0.25, 0.3) is 0 Å². The second-order valence-electron chi connectivity index (χ2n) is 4.99. The third kappa shape index (κ3) is 4.72. The number of ether oxygens (including phenoxy) is 1. The van der Waals surface area contributed by atoms with E-state index >= 15 is 0 Å². The van der Waals surface area contributed by atoms with Crippen molar-refractivity contribution in [1.82, 2.24) is 5.32 Å². The van der Waals surface area contributed by atoms with Crippen molar-refractivity contribution in [3.05, 3.63) is 65.7 Å². The summed E-state index contributed by atoms with van der Waals surface area (Å²) in [4.78, 5) is 24.0. The summed E-state index contributed by atoms with van der Waals surface area (Å²) in [6, 6.07) is 12.6. The number of carbonyl (C=O) groups is 2. The number of benzene rings is 2. The number of hydrogen-bond acceptors (Lipinski definition) is 4. The van der Waals surface area contributed by atoms with Crippen LogP contribution in [0.1, 0.15) is 15.9 Å². The van der Waals surface area contributed by atoms with E-state index in [9.17, 15) is 22.8 Å². The summed E-state index contributed by atoms with van der Waals surface area (Å²) in [7, 11) is 1.09. The highest BCUT2D eigenvalue weighted by Crippen LogP contribution is 2.34. The number of rotatable bonds is 5. The number of Topliss-reactive ketones (excluding diaryl/α,β-unsaturated/α-hetero) is 1. The average Bonchev–Trinajstić information content (AvgIpc) is 2.60. The number of halogens is 3. The van der Waals surface area contributed by atoms with Gasteiger partial charge in [0.2, 0.25) is 5.78 Å². The van der Waals surface area contributed by atoms with E-state index in [0.717, 1.165) is 13.2 Å². The Morgan fingerprint density at radius 2 is 1.60 bits per heavy atom. The number of alkyl halides is 3. The van der Waals surface area contributed by atoms with Crippen LogP contribution in [0.2, 0.25) is 0 Å². The van der Waals surface area contributed by atoms with Crippen LogP contribution in [0.4, 0.5) is 23.7 Å². The van der Waals surface area contributed by atoms with Gasteiger partial charge in [0.25, 0.3) is 0 Å². The van der Waals surface area contributed by atoms with E-state index in [-0.39, 0.29) is 11.3 Å². The number of hydrogen-bond donors (Lipinski definition) is 2. The SMILES string of the molecule is COC(=O)N[C@H](Nc1ccccc1C(F)(F)F)C(=O)c1ccccc1. The third-order valence-corrected chi connectivity index (χ3v) is 3.30. The zero-order valence-corrected chi connectivity index (χ0v) is 13.1. The lowest BCUT2D eigenvalue weighted by Crippen LogP contribution is -2.46. The molecule has 2 rings (SSSR count). The van der Waals surface area contributed by atoms with Crippen molar-refractivity contribution in [1.29, 1.82) is 0 Å². The highest BCUT2D eigenvalue weighted by molar-refractivity contribution is 6.02. The fourth-order valence-corrected chi connectivity index (χ4v) is 2.12. The summed E-state index contributed by atoms with van der Waals surface area (Å²) in [5.74, 6) is -0.608. The summed E-state index contributed by atoms with van der Waals surface area (Å²) in [6.07, 6.45) is -7.00. The minimum Gasteiger partial charge on any atom is -0.453 e. The molecule has 0 aromatic heterocycles. The average molecular weight is 352 g/mol. The van der Waals surface area contributed by atoms with Crippen molar-refractivity contribution in [3.63, 3.8) is 0 Å². The molecule has 2 aromatic carbocycles. The summed E-state index contributed by atoms with van der Waals surface area (Å²) in [6.45, 7) is 0. The molecule has 1 amide bonds. The van der Waals surface area contributed by atoms with Crippen molar-refractivity contribution in [3.8, 4) is 0 Å². The number of alkyl carbamates (subject to hydrolysis) is 1. The van der Waals surface area contributed by atoms with E-state index in [0.29, 0.717) is 0 Å². The van der Waals surface area contributed by atoms with Crippen LogP contribution in [0.3, 0.4) is 0 Å². The molecule has 0 saturated heterocycles. The van der Waals surface area contributed by atoms with E-state index < -0.39 is 29.8 Å². The van der Waals surface area contributed by atoms with Gasteiger partial charge in [-0.05, 0) is 12.1 Å². The normalized spacial score (nSPS) is 12.2. The fraction of sp³-hybridized carbons (Fsp3) is 0.176. The van der Waals surface area contributed by atoms with Gasteiger partial charge in [0.1, 0.15) is 0 Å². The summed E-state index contributed by atoms with van der Waals surface area (Å²) in [5.41, 5.74) is -1.06. The Hall–Kier alpha value is -3.03. The Balaban J connectivity index is 2.35. The van der Waals surface area contributed by atoms with E-state index in [1.807, 2.05) is 0 Å². The van der Waals surface area contributed by atoms with Gasteiger partial charge in [0, 0.05) is 11.3 Å². The van der Waals surface area contributed by atoms with Crippen LogP contribution in [-0.4, -0.2) is 25.2 Å². The first-order valence-corrected chi connectivity index (χ1v) is 7.19. The minimum absolute atomic E-state index is 0.223. The Labute approximate surface area is 141 Å². The molecule has 1 atom stereocenters. The van der Waals surface area contributed by atoms with Gasteiger partial charge >= 0.3 is 12.3 Å². The molecular weight excluding hydrogens is 337 g/mol.